The highest BCUT2D eigenvalue weighted by molar-refractivity contribution is 5.79. The Balaban J connectivity index is 3.95. The highest BCUT2D eigenvalue weighted by Crippen LogP contribution is 2.25. The molecular weight excluding hydrogens is 190 g/mol. The van der Waals surface area contributed by atoms with Crippen LogP contribution in [0.15, 0.2) is 12.2 Å². The number of rotatable bonds is 6. The van der Waals surface area contributed by atoms with Crippen LogP contribution < -0.4 is 0 Å². The summed E-state index contributed by atoms with van der Waals surface area (Å²) >= 11 is 0. The van der Waals surface area contributed by atoms with Crippen molar-refractivity contribution in [1.29, 1.82) is 5.26 Å². The average molecular weight is 209 g/mol. The molecule has 3 heteroatoms. The van der Waals surface area contributed by atoms with Crippen molar-refractivity contribution in [3.8, 4) is 6.07 Å². The van der Waals surface area contributed by atoms with Gasteiger partial charge in [-0.2, -0.15) is 5.26 Å². The number of nitrogens with zero attached hydrogens (tertiary/aromatic N) is 1. The second-order valence-corrected chi connectivity index (χ2v) is 4.58. The number of allylic oxidation sites excluding steroid dienone is 1. The molecule has 0 amide bonds. The van der Waals surface area contributed by atoms with E-state index in [-0.39, 0.29) is 11.3 Å². The van der Waals surface area contributed by atoms with E-state index in [4.69, 9.17) is 10.4 Å². The molecule has 0 heterocycles. The number of carboxylic acid groups (broad SMARTS) is 1. The Kier molecular flexibility index (Phi) is 5.69. The summed E-state index contributed by atoms with van der Waals surface area (Å²) in [5.41, 5.74) is -0.104. The van der Waals surface area contributed by atoms with E-state index in [1.807, 2.05) is 20.8 Å². The Bertz CT molecular complexity index is 274. The molecule has 84 valence electrons. The van der Waals surface area contributed by atoms with Crippen molar-refractivity contribution in [3.63, 3.8) is 0 Å². The molecule has 0 aliphatic heterocycles. The molecule has 0 spiro atoms. The number of nitriles is 1. The summed E-state index contributed by atoms with van der Waals surface area (Å²) in [6.07, 6.45) is 5.63. The second kappa shape index (κ2) is 6.23. The predicted molar refractivity (Wildman–Crippen MR) is 59.2 cm³/mol. The lowest BCUT2D eigenvalue weighted by atomic mass is 9.85. The quantitative estimate of drug-likeness (QED) is 0.684. The number of hydrogen-bond donors (Lipinski definition) is 1. The first kappa shape index (κ1) is 13.7. The molecule has 1 atom stereocenters. The SMILES string of the molecule is CC(C#N)CCCC(C)(C)/C=C/C(=O)O. The molecule has 0 saturated heterocycles. The fourth-order valence-corrected chi connectivity index (χ4v) is 1.31. The third-order valence-corrected chi connectivity index (χ3v) is 2.36. The Labute approximate surface area is 91.4 Å². The van der Waals surface area contributed by atoms with Gasteiger partial charge in [-0.1, -0.05) is 26.3 Å². The zero-order chi connectivity index (χ0) is 11.9. The van der Waals surface area contributed by atoms with E-state index < -0.39 is 5.97 Å². The molecule has 0 rings (SSSR count). The molecule has 0 aromatic carbocycles. The van der Waals surface area contributed by atoms with Crippen LogP contribution in [0.3, 0.4) is 0 Å². The van der Waals surface area contributed by atoms with Crippen molar-refractivity contribution in [1.82, 2.24) is 0 Å². The van der Waals surface area contributed by atoms with Crippen molar-refractivity contribution < 1.29 is 9.90 Å². The summed E-state index contributed by atoms with van der Waals surface area (Å²) in [7, 11) is 0. The zero-order valence-corrected chi connectivity index (χ0v) is 9.66. The summed E-state index contributed by atoms with van der Waals surface area (Å²) < 4.78 is 0. The third-order valence-electron chi connectivity index (χ3n) is 2.36. The van der Waals surface area contributed by atoms with Gasteiger partial charge in [0, 0.05) is 12.0 Å². The van der Waals surface area contributed by atoms with Crippen LogP contribution in [0.5, 0.6) is 0 Å². The van der Waals surface area contributed by atoms with E-state index in [0.29, 0.717) is 0 Å². The fourth-order valence-electron chi connectivity index (χ4n) is 1.31. The van der Waals surface area contributed by atoms with Gasteiger partial charge in [-0.3, -0.25) is 0 Å². The van der Waals surface area contributed by atoms with Crippen LogP contribution in [0, 0.1) is 22.7 Å². The molecule has 15 heavy (non-hydrogen) atoms. The van der Waals surface area contributed by atoms with E-state index in [1.165, 1.54) is 6.08 Å². The molecule has 1 unspecified atom stereocenters. The molecule has 0 aromatic rings. The number of aliphatic carboxylic acids is 1. The maximum atomic E-state index is 10.3. The van der Waals surface area contributed by atoms with E-state index in [0.717, 1.165) is 19.3 Å². The Morgan fingerprint density at radius 2 is 2.20 bits per heavy atom. The summed E-state index contributed by atoms with van der Waals surface area (Å²) in [4.78, 5) is 10.3. The maximum absolute atomic E-state index is 10.3. The molecule has 0 fully saturated rings. The van der Waals surface area contributed by atoms with Crippen molar-refractivity contribution in [2.45, 2.75) is 40.0 Å². The van der Waals surface area contributed by atoms with Crippen LogP contribution in [-0.2, 0) is 4.79 Å². The van der Waals surface area contributed by atoms with Crippen LogP contribution in [0.25, 0.3) is 0 Å². The summed E-state index contributed by atoms with van der Waals surface area (Å²) in [5, 5.41) is 17.1. The lowest BCUT2D eigenvalue weighted by molar-refractivity contribution is -0.131. The van der Waals surface area contributed by atoms with Crippen molar-refractivity contribution in [2.75, 3.05) is 0 Å². The Morgan fingerprint density at radius 1 is 1.60 bits per heavy atom. The Hall–Kier alpha value is -1.30. The molecule has 0 bridgehead atoms. The summed E-state index contributed by atoms with van der Waals surface area (Å²) in [5.74, 6) is -0.822. The fraction of sp³-hybridized carbons (Fsp3) is 0.667. The number of carboxylic acids is 1. The highest BCUT2D eigenvalue weighted by Gasteiger charge is 2.14. The topological polar surface area (TPSA) is 61.1 Å². The first-order valence-electron chi connectivity index (χ1n) is 5.19. The first-order chi connectivity index (χ1) is 6.87. The van der Waals surface area contributed by atoms with Crippen molar-refractivity contribution in [2.24, 2.45) is 11.3 Å². The Morgan fingerprint density at radius 3 is 2.67 bits per heavy atom. The predicted octanol–water partition coefficient (Wildman–Crippen LogP) is 2.98. The minimum Gasteiger partial charge on any atom is -0.478 e. The normalized spacial score (nSPS) is 13.7. The van der Waals surface area contributed by atoms with E-state index in [9.17, 15) is 4.79 Å². The largest absolute Gasteiger partial charge is 0.478 e. The van der Waals surface area contributed by atoms with Gasteiger partial charge < -0.3 is 5.11 Å². The molecule has 3 nitrogen and oxygen atoms in total. The number of carbonyl (C=O) groups is 1. The van der Waals surface area contributed by atoms with Crippen LogP contribution >= 0.6 is 0 Å². The van der Waals surface area contributed by atoms with Gasteiger partial charge in [0.25, 0.3) is 0 Å². The second-order valence-electron chi connectivity index (χ2n) is 4.58. The lowest BCUT2D eigenvalue weighted by Crippen LogP contribution is -2.08. The third kappa shape index (κ3) is 7.75. The molecule has 0 saturated carbocycles. The minimum absolute atomic E-state index is 0.0873. The van der Waals surface area contributed by atoms with Gasteiger partial charge in [-0.05, 0) is 25.2 Å². The van der Waals surface area contributed by atoms with Gasteiger partial charge >= 0.3 is 5.97 Å². The average Bonchev–Trinajstić information content (AvgIpc) is 2.14. The molecule has 0 aromatic heterocycles. The molecule has 0 aliphatic carbocycles. The van der Waals surface area contributed by atoms with Crippen molar-refractivity contribution in [3.05, 3.63) is 12.2 Å². The lowest BCUT2D eigenvalue weighted by Gasteiger charge is -2.19. The van der Waals surface area contributed by atoms with Gasteiger partial charge in [0.1, 0.15) is 0 Å². The summed E-state index contributed by atoms with van der Waals surface area (Å²) in [6, 6.07) is 2.19. The van der Waals surface area contributed by atoms with Crippen LogP contribution in [0.1, 0.15) is 40.0 Å². The molecule has 0 radical (unpaired) electrons. The molecule has 1 N–H and O–H groups in total. The summed E-state index contributed by atoms with van der Waals surface area (Å²) in [6.45, 7) is 5.91. The van der Waals surface area contributed by atoms with Gasteiger partial charge in [0.15, 0.2) is 0 Å². The van der Waals surface area contributed by atoms with Crippen LogP contribution in [0.2, 0.25) is 0 Å². The van der Waals surface area contributed by atoms with E-state index >= 15 is 0 Å². The van der Waals surface area contributed by atoms with E-state index in [1.54, 1.807) is 6.08 Å². The van der Waals surface area contributed by atoms with Gasteiger partial charge in [-0.15, -0.1) is 0 Å². The minimum atomic E-state index is -0.909. The monoisotopic (exact) mass is 209 g/mol. The van der Waals surface area contributed by atoms with E-state index in [2.05, 4.69) is 6.07 Å². The first-order valence-corrected chi connectivity index (χ1v) is 5.19. The number of hydrogen-bond acceptors (Lipinski definition) is 2. The van der Waals surface area contributed by atoms with Crippen molar-refractivity contribution >= 4 is 5.97 Å². The van der Waals surface area contributed by atoms with Crippen LogP contribution in [-0.4, -0.2) is 11.1 Å². The van der Waals surface area contributed by atoms with Gasteiger partial charge in [0.05, 0.1) is 6.07 Å². The standard InChI is InChI=1S/C12H19NO2/c1-10(9-13)5-4-7-12(2,3)8-6-11(14)15/h6,8,10H,4-5,7H2,1-3H3,(H,14,15)/b8-6+. The van der Waals surface area contributed by atoms with Gasteiger partial charge in [0.2, 0.25) is 0 Å². The smallest absolute Gasteiger partial charge is 0.327 e. The van der Waals surface area contributed by atoms with Crippen LogP contribution in [0.4, 0.5) is 0 Å². The van der Waals surface area contributed by atoms with Gasteiger partial charge in [-0.25, -0.2) is 4.79 Å². The molecular formula is C12H19NO2. The zero-order valence-electron chi connectivity index (χ0n) is 9.66. The molecule has 0 aliphatic rings. The maximum Gasteiger partial charge on any atom is 0.327 e. The highest BCUT2D eigenvalue weighted by atomic mass is 16.4.